The van der Waals surface area contributed by atoms with Crippen molar-refractivity contribution < 1.29 is 0 Å². The third kappa shape index (κ3) is 3.08. The van der Waals surface area contributed by atoms with E-state index >= 15 is 0 Å². The fourth-order valence-corrected chi connectivity index (χ4v) is 5.94. The summed E-state index contributed by atoms with van der Waals surface area (Å²) in [5, 5.41) is 0.281. The average Bonchev–Trinajstić information content (AvgIpc) is 3.27. The van der Waals surface area contributed by atoms with Gasteiger partial charge >= 0.3 is 0 Å². The van der Waals surface area contributed by atoms with E-state index < -0.39 is 0 Å². The topological polar surface area (TPSA) is 41.4 Å². The smallest absolute Gasteiger partial charge is 0.145 e. The second-order valence-corrected chi connectivity index (χ2v) is 8.84. The van der Waals surface area contributed by atoms with Gasteiger partial charge in [0.05, 0.1) is 16.5 Å². The molecule has 1 aromatic rings. The molecule has 0 N–H and O–H groups in total. The van der Waals surface area contributed by atoms with Crippen LogP contribution >= 0.6 is 11.8 Å². The molecule has 0 fully saturated rings. The Bertz CT molecular complexity index is 740. The van der Waals surface area contributed by atoms with Gasteiger partial charge < -0.3 is 4.90 Å². The standard InChI is InChI=1S/C21H30N4S/c1-4-6-11-16-14-9-8-10-15(14)17-18-19(26-21(17)24-16)20(23-13-22-18)25(3)12-7-5-2/h13,17,21H,4-12H2,1-3H3/t17-,21+/m0/s1. The molecule has 0 unspecified atom stereocenters. The molecule has 2 aliphatic heterocycles. The summed E-state index contributed by atoms with van der Waals surface area (Å²) in [5.41, 5.74) is 5.85. The highest BCUT2D eigenvalue weighted by molar-refractivity contribution is 8.00. The largest absolute Gasteiger partial charge is 0.359 e. The van der Waals surface area contributed by atoms with Crippen LogP contribution in [0.4, 0.5) is 5.82 Å². The van der Waals surface area contributed by atoms with Crippen LogP contribution in [-0.2, 0) is 0 Å². The van der Waals surface area contributed by atoms with Crippen molar-refractivity contribution in [3.05, 3.63) is 23.2 Å². The van der Waals surface area contributed by atoms with Gasteiger partial charge in [0.1, 0.15) is 17.5 Å². The molecule has 140 valence electrons. The van der Waals surface area contributed by atoms with Crippen LogP contribution in [0.5, 0.6) is 0 Å². The highest BCUT2D eigenvalue weighted by Crippen LogP contribution is 2.56. The van der Waals surface area contributed by atoms with E-state index in [4.69, 9.17) is 9.98 Å². The quantitative estimate of drug-likeness (QED) is 0.648. The Morgan fingerprint density at radius 2 is 2.00 bits per heavy atom. The lowest BCUT2D eigenvalue weighted by molar-refractivity contribution is 0.689. The number of rotatable bonds is 7. The van der Waals surface area contributed by atoms with Crippen LogP contribution in [0.1, 0.15) is 76.8 Å². The maximum atomic E-state index is 5.24. The summed E-state index contributed by atoms with van der Waals surface area (Å²) in [7, 11) is 2.16. The summed E-state index contributed by atoms with van der Waals surface area (Å²) >= 11 is 1.91. The fourth-order valence-electron chi connectivity index (χ4n) is 4.48. The van der Waals surface area contributed by atoms with Gasteiger partial charge in [-0.3, -0.25) is 4.99 Å². The van der Waals surface area contributed by atoms with Gasteiger partial charge in [-0.15, -0.1) is 0 Å². The van der Waals surface area contributed by atoms with Crippen molar-refractivity contribution in [2.75, 3.05) is 18.5 Å². The average molecular weight is 371 g/mol. The lowest BCUT2D eigenvalue weighted by Crippen LogP contribution is -2.22. The molecular formula is C21H30N4S. The van der Waals surface area contributed by atoms with Gasteiger partial charge in [-0.25, -0.2) is 9.97 Å². The van der Waals surface area contributed by atoms with Crippen molar-refractivity contribution in [3.8, 4) is 0 Å². The predicted octanol–water partition coefficient (Wildman–Crippen LogP) is 5.35. The molecule has 3 heterocycles. The molecule has 0 bridgehead atoms. The summed E-state index contributed by atoms with van der Waals surface area (Å²) in [6.45, 7) is 5.56. The van der Waals surface area contributed by atoms with Crippen molar-refractivity contribution in [3.63, 3.8) is 0 Å². The molecule has 1 aromatic heterocycles. The molecule has 0 saturated heterocycles. The third-order valence-corrected chi connectivity index (χ3v) is 7.12. The summed E-state index contributed by atoms with van der Waals surface area (Å²) in [5.74, 6) is 1.49. The number of hydrogen-bond acceptors (Lipinski definition) is 5. The third-order valence-electron chi connectivity index (χ3n) is 5.87. The van der Waals surface area contributed by atoms with Crippen LogP contribution in [0, 0.1) is 0 Å². The van der Waals surface area contributed by atoms with Gasteiger partial charge in [-0.2, -0.15) is 0 Å². The SMILES string of the molecule is CCCCC1=N[C@@H]2Sc3c(ncnc3N(C)CCCC)[C@@H]2C2=C1CCC2. The van der Waals surface area contributed by atoms with Gasteiger partial charge in [0.2, 0.25) is 0 Å². The zero-order chi connectivity index (χ0) is 18.1. The maximum absolute atomic E-state index is 5.24. The Morgan fingerprint density at radius 1 is 1.15 bits per heavy atom. The summed E-state index contributed by atoms with van der Waals surface area (Å²) in [4.78, 5) is 18.2. The molecule has 3 aliphatic rings. The zero-order valence-corrected chi connectivity index (χ0v) is 17.1. The number of aliphatic imine (C=N–C) groups is 1. The first-order valence-corrected chi connectivity index (χ1v) is 11.1. The monoisotopic (exact) mass is 370 g/mol. The molecule has 0 aromatic carbocycles. The van der Waals surface area contributed by atoms with Crippen molar-refractivity contribution in [1.29, 1.82) is 0 Å². The Labute approximate surface area is 161 Å². The number of hydrogen-bond donors (Lipinski definition) is 0. The van der Waals surface area contributed by atoms with Crippen LogP contribution in [0.15, 0.2) is 27.4 Å². The molecule has 4 rings (SSSR count). The first kappa shape index (κ1) is 18.0. The van der Waals surface area contributed by atoms with E-state index in [2.05, 4.69) is 30.8 Å². The number of aromatic nitrogens is 2. The van der Waals surface area contributed by atoms with E-state index in [-0.39, 0.29) is 5.37 Å². The fraction of sp³-hybridized carbons (Fsp3) is 0.667. The van der Waals surface area contributed by atoms with Crippen LogP contribution in [-0.4, -0.2) is 34.6 Å². The molecule has 0 amide bonds. The number of thioether (sulfide) groups is 1. The van der Waals surface area contributed by atoms with Crippen molar-refractivity contribution in [2.45, 2.75) is 81.4 Å². The highest BCUT2D eigenvalue weighted by atomic mass is 32.2. The van der Waals surface area contributed by atoms with Crippen molar-refractivity contribution >= 4 is 23.3 Å². The van der Waals surface area contributed by atoms with Crippen LogP contribution in [0.2, 0.25) is 0 Å². The second kappa shape index (κ2) is 7.71. The molecule has 4 nitrogen and oxygen atoms in total. The van der Waals surface area contributed by atoms with Crippen molar-refractivity contribution in [2.24, 2.45) is 4.99 Å². The Balaban J connectivity index is 1.68. The van der Waals surface area contributed by atoms with Gasteiger partial charge in [0.25, 0.3) is 0 Å². The number of dihydropyridines is 1. The minimum absolute atomic E-state index is 0.281. The molecule has 1 aliphatic carbocycles. The molecule has 0 spiro atoms. The maximum Gasteiger partial charge on any atom is 0.145 e. The van der Waals surface area contributed by atoms with E-state index in [0.29, 0.717) is 5.92 Å². The van der Waals surface area contributed by atoms with Gasteiger partial charge in [-0.1, -0.05) is 44.0 Å². The number of anilines is 1. The van der Waals surface area contributed by atoms with E-state index in [1.54, 1.807) is 17.5 Å². The molecule has 0 saturated carbocycles. The second-order valence-electron chi connectivity index (χ2n) is 7.71. The first-order valence-electron chi connectivity index (χ1n) is 10.3. The molecule has 0 radical (unpaired) electrons. The molecule has 2 atom stereocenters. The van der Waals surface area contributed by atoms with Crippen LogP contribution in [0.3, 0.4) is 0 Å². The number of fused-ring (bicyclic) bond motifs is 4. The van der Waals surface area contributed by atoms with Gasteiger partial charge in [-0.05, 0) is 44.1 Å². The minimum atomic E-state index is 0.281. The molecule has 5 heteroatoms. The highest BCUT2D eigenvalue weighted by Gasteiger charge is 2.44. The summed E-state index contributed by atoms with van der Waals surface area (Å²) in [6, 6.07) is 0. The van der Waals surface area contributed by atoms with Gasteiger partial charge in [0, 0.05) is 19.3 Å². The number of allylic oxidation sites excluding steroid dienone is 1. The summed E-state index contributed by atoms with van der Waals surface area (Å²) < 4.78 is 0. The van der Waals surface area contributed by atoms with E-state index in [9.17, 15) is 0 Å². The Hall–Kier alpha value is -1.36. The van der Waals surface area contributed by atoms with Crippen LogP contribution in [0.25, 0.3) is 0 Å². The zero-order valence-electron chi connectivity index (χ0n) is 16.3. The van der Waals surface area contributed by atoms with E-state index in [1.807, 2.05) is 11.8 Å². The first-order chi connectivity index (χ1) is 12.7. The lowest BCUT2D eigenvalue weighted by Gasteiger charge is -2.26. The Kier molecular flexibility index (Phi) is 5.35. The van der Waals surface area contributed by atoms with Crippen molar-refractivity contribution in [1.82, 2.24) is 9.97 Å². The summed E-state index contributed by atoms with van der Waals surface area (Å²) in [6.07, 6.45) is 11.5. The number of nitrogens with zero attached hydrogens (tertiary/aromatic N) is 4. The molecule has 26 heavy (non-hydrogen) atoms. The van der Waals surface area contributed by atoms with E-state index in [0.717, 1.165) is 18.8 Å². The molecular weight excluding hydrogens is 340 g/mol. The normalized spacial score (nSPS) is 23.6. The minimum Gasteiger partial charge on any atom is -0.359 e. The predicted molar refractivity (Wildman–Crippen MR) is 110 cm³/mol. The Morgan fingerprint density at radius 3 is 2.81 bits per heavy atom. The number of unbranched alkanes of at least 4 members (excludes halogenated alkanes) is 2. The van der Waals surface area contributed by atoms with Gasteiger partial charge in [0.15, 0.2) is 0 Å². The van der Waals surface area contributed by atoms with Crippen LogP contribution < -0.4 is 4.90 Å². The van der Waals surface area contributed by atoms with E-state index in [1.165, 1.54) is 61.2 Å². The lowest BCUT2D eigenvalue weighted by atomic mass is 9.87.